The van der Waals surface area contributed by atoms with Gasteiger partial charge in [0.25, 0.3) is 0 Å². The predicted molar refractivity (Wildman–Crippen MR) is 70.2 cm³/mol. The second-order valence-corrected chi connectivity index (χ2v) is 4.39. The van der Waals surface area contributed by atoms with Crippen molar-refractivity contribution in [3.63, 3.8) is 0 Å². The number of carbonyl (C=O) groups excluding carboxylic acids is 1. The van der Waals surface area contributed by atoms with Crippen LogP contribution in [-0.2, 0) is 11.8 Å². The lowest BCUT2D eigenvalue weighted by Gasteiger charge is -2.05. The van der Waals surface area contributed by atoms with Gasteiger partial charge in [-0.3, -0.25) is 9.67 Å². The van der Waals surface area contributed by atoms with Crippen LogP contribution in [0.4, 0.5) is 0 Å². The van der Waals surface area contributed by atoms with Gasteiger partial charge in [0.2, 0.25) is 0 Å². The highest BCUT2D eigenvalue weighted by atomic mass is 35.5. The number of carbonyl (C=O) groups is 1. The molecule has 0 amide bonds. The minimum Gasteiger partial charge on any atom is -0.465 e. The number of pyridine rings is 2. The average molecular weight is 277 g/mol. The van der Waals surface area contributed by atoms with Crippen molar-refractivity contribution < 1.29 is 9.53 Å². The monoisotopic (exact) mass is 276 g/mol. The summed E-state index contributed by atoms with van der Waals surface area (Å²) in [5, 5.41) is 5.15. The molecule has 0 bridgehead atoms. The highest BCUT2D eigenvalue weighted by molar-refractivity contribution is 6.30. The van der Waals surface area contributed by atoms with Crippen molar-refractivity contribution in [2.24, 2.45) is 7.05 Å². The second-order valence-electron chi connectivity index (χ2n) is 4.01. The number of aryl methyl sites for hydroxylation is 1. The predicted octanol–water partition coefficient (Wildman–Crippen LogP) is 1.96. The minimum atomic E-state index is -0.495. The van der Waals surface area contributed by atoms with E-state index < -0.39 is 5.97 Å². The lowest BCUT2D eigenvalue weighted by Crippen LogP contribution is -2.04. The van der Waals surface area contributed by atoms with Gasteiger partial charge in [0, 0.05) is 12.4 Å². The van der Waals surface area contributed by atoms with Crippen LogP contribution in [0.15, 0.2) is 18.5 Å². The Morgan fingerprint density at radius 2 is 2.16 bits per heavy atom. The third kappa shape index (κ3) is 1.72. The van der Waals surface area contributed by atoms with Gasteiger partial charge >= 0.3 is 5.97 Å². The number of fused-ring (bicyclic) bond motifs is 3. The molecule has 19 heavy (non-hydrogen) atoms. The summed E-state index contributed by atoms with van der Waals surface area (Å²) in [6.45, 7) is 0. The van der Waals surface area contributed by atoms with E-state index in [1.165, 1.54) is 13.2 Å². The molecule has 0 aliphatic carbocycles. The van der Waals surface area contributed by atoms with Gasteiger partial charge in [-0.2, -0.15) is 5.10 Å². The molecule has 3 rings (SSSR count). The smallest absolute Gasteiger partial charge is 0.340 e. The molecular weight excluding hydrogens is 268 g/mol. The average Bonchev–Trinajstić information content (AvgIpc) is 2.79. The van der Waals surface area contributed by atoms with Crippen LogP contribution in [0.25, 0.3) is 21.9 Å². The van der Waals surface area contributed by atoms with Crippen LogP contribution < -0.4 is 0 Å². The summed E-state index contributed by atoms with van der Waals surface area (Å²) in [6, 6.07) is 1.45. The van der Waals surface area contributed by atoms with Crippen molar-refractivity contribution >= 4 is 39.5 Å². The van der Waals surface area contributed by atoms with E-state index in [0.717, 1.165) is 10.9 Å². The first-order valence-corrected chi connectivity index (χ1v) is 5.85. The summed E-state index contributed by atoms with van der Waals surface area (Å²) < 4.78 is 6.41. The summed E-state index contributed by atoms with van der Waals surface area (Å²) in [5.41, 5.74) is 2.11. The Labute approximate surface area is 113 Å². The first-order valence-electron chi connectivity index (χ1n) is 5.47. The summed E-state index contributed by atoms with van der Waals surface area (Å²) >= 11 is 5.96. The van der Waals surface area contributed by atoms with Gasteiger partial charge in [-0.05, 0) is 6.07 Å². The van der Waals surface area contributed by atoms with E-state index >= 15 is 0 Å². The van der Waals surface area contributed by atoms with Crippen molar-refractivity contribution in [1.82, 2.24) is 19.7 Å². The Hall–Kier alpha value is -2.21. The van der Waals surface area contributed by atoms with E-state index in [9.17, 15) is 4.79 Å². The van der Waals surface area contributed by atoms with Crippen LogP contribution in [0, 0.1) is 0 Å². The fourth-order valence-corrected chi connectivity index (χ4v) is 2.19. The number of aromatic nitrogens is 4. The van der Waals surface area contributed by atoms with Gasteiger partial charge in [-0.25, -0.2) is 9.78 Å². The highest BCUT2D eigenvalue weighted by Crippen LogP contribution is 2.26. The van der Waals surface area contributed by atoms with Crippen molar-refractivity contribution in [3.8, 4) is 0 Å². The van der Waals surface area contributed by atoms with Crippen molar-refractivity contribution in [3.05, 3.63) is 29.2 Å². The van der Waals surface area contributed by atoms with E-state index in [-0.39, 0.29) is 5.15 Å². The molecule has 0 atom stereocenters. The molecule has 3 aromatic heterocycles. The Morgan fingerprint density at radius 3 is 2.89 bits per heavy atom. The second kappa shape index (κ2) is 4.17. The molecule has 0 saturated heterocycles. The minimum absolute atomic E-state index is 0.214. The molecule has 0 unspecified atom stereocenters. The molecule has 0 aliphatic rings. The molecule has 7 heteroatoms. The van der Waals surface area contributed by atoms with Crippen LogP contribution in [-0.4, -0.2) is 32.8 Å². The zero-order valence-electron chi connectivity index (χ0n) is 10.2. The maximum absolute atomic E-state index is 11.8. The van der Waals surface area contributed by atoms with Crippen LogP contribution in [0.3, 0.4) is 0 Å². The van der Waals surface area contributed by atoms with Gasteiger partial charge < -0.3 is 4.74 Å². The fourth-order valence-electron chi connectivity index (χ4n) is 2.00. The normalized spacial score (nSPS) is 11.1. The molecule has 0 fully saturated rings. The van der Waals surface area contributed by atoms with Gasteiger partial charge in [0.1, 0.15) is 16.2 Å². The van der Waals surface area contributed by atoms with Gasteiger partial charge in [-0.15, -0.1) is 0 Å². The van der Waals surface area contributed by atoms with Crippen molar-refractivity contribution in [2.75, 3.05) is 7.11 Å². The van der Waals surface area contributed by atoms with Crippen LogP contribution in [0.1, 0.15) is 10.4 Å². The number of rotatable bonds is 1. The van der Waals surface area contributed by atoms with Crippen molar-refractivity contribution in [1.29, 1.82) is 0 Å². The van der Waals surface area contributed by atoms with E-state index in [4.69, 9.17) is 16.3 Å². The first-order chi connectivity index (χ1) is 9.11. The third-order valence-corrected chi connectivity index (χ3v) is 3.12. The SMILES string of the molecule is COC(=O)c1cc(Cl)nc2c1ncc1c2cnn1C. The number of halogens is 1. The molecule has 3 heterocycles. The number of esters is 1. The third-order valence-electron chi connectivity index (χ3n) is 2.92. The van der Waals surface area contributed by atoms with Gasteiger partial charge in [-0.1, -0.05) is 11.6 Å². The highest BCUT2D eigenvalue weighted by Gasteiger charge is 2.17. The standard InChI is InChI=1S/C12H9ClN4O2/c1-17-8-5-14-10-6(12(18)19-2)3-9(13)16-11(10)7(8)4-15-17/h3-5H,1-2H3. The first kappa shape index (κ1) is 11.9. The van der Waals surface area contributed by atoms with Gasteiger partial charge in [0.05, 0.1) is 30.6 Å². The molecule has 0 aromatic carbocycles. The molecule has 96 valence electrons. The Balaban J connectivity index is 2.47. The molecule has 0 N–H and O–H groups in total. The molecule has 3 aromatic rings. The molecule has 0 spiro atoms. The molecule has 0 saturated carbocycles. The number of hydrogen-bond acceptors (Lipinski definition) is 5. The number of methoxy groups -OCH3 is 1. The number of ether oxygens (including phenoxy) is 1. The summed E-state index contributed by atoms with van der Waals surface area (Å²) in [5.74, 6) is -0.495. The Bertz CT molecular complexity index is 812. The largest absolute Gasteiger partial charge is 0.465 e. The van der Waals surface area contributed by atoms with Crippen molar-refractivity contribution in [2.45, 2.75) is 0 Å². The topological polar surface area (TPSA) is 69.9 Å². The fraction of sp³-hybridized carbons (Fsp3) is 0.167. The van der Waals surface area contributed by atoms with Crippen LogP contribution >= 0.6 is 11.6 Å². The van der Waals surface area contributed by atoms with E-state index in [1.54, 1.807) is 17.1 Å². The molecule has 0 radical (unpaired) electrons. The molecule has 6 nitrogen and oxygen atoms in total. The summed E-state index contributed by atoms with van der Waals surface area (Å²) in [4.78, 5) is 20.3. The quantitative estimate of drug-likeness (QED) is 0.502. The summed E-state index contributed by atoms with van der Waals surface area (Å²) in [7, 11) is 3.12. The number of nitrogens with zero attached hydrogens (tertiary/aromatic N) is 4. The maximum Gasteiger partial charge on any atom is 0.340 e. The lowest BCUT2D eigenvalue weighted by atomic mass is 10.1. The van der Waals surface area contributed by atoms with E-state index in [0.29, 0.717) is 16.6 Å². The number of hydrogen-bond donors (Lipinski definition) is 0. The Morgan fingerprint density at radius 1 is 1.37 bits per heavy atom. The lowest BCUT2D eigenvalue weighted by molar-refractivity contribution is 0.0602. The van der Waals surface area contributed by atoms with E-state index in [2.05, 4.69) is 15.1 Å². The summed E-state index contributed by atoms with van der Waals surface area (Å²) in [6.07, 6.45) is 3.32. The molecular formula is C12H9ClN4O2. The maximum atomic E-state index is 11.8. The van der Waals surface area contributed by atoms with E-state index in [1.807, 2.05) is 7.05 Å². The van der Waals surface area contributed by atoms with Crippen LogP contribution in [0.5, 0.6) is 0 Å². The zero-order valence-corrected chi connectivity index (χ0v) is 11.0. The molecule has 0 aliphatic heterocycles. The van der Waals surface area contributed by atoms with Gasteiger partial charge in [0.15, 0.2) is 0 Å². The zero-order chi connectivity index (χ0) is 13.6. The van der Waals surface area contributed by atoms with Crippen LogP contribution in [0.2, 0.25) is 5.15 Å². The Kier molecular flexibility index (Phi) is 2.60.